The zero-order valence-corrected chi connectivity index (χ0v) is 16.6. The number of aliphatic imine (C=N–C) groups is 1. The molecule has 140 valence electrons. The van der Waals surface area contributed by atoms with Gasteiger partial charge in [-0.25, -0.2) is 9.98 Å². The van der Waals surface area contributed by atoms with Crippen LogP contribution in [0.3, 0.4) is 0 Å². The summed E-state index contributed by atoms with van der Waals surface area (Å²) in [5.74, 6) is 0.859. The van der Waals surface area contributed by atoms with Crippen LogP contribution in [0.4, 0.5) is 0 Å². The molecule has 0 spiro atoms. The number of aryl methyl sites for hydroxylation is 2. The maximum absolute atomic E-state index is 9.50. The SMILES string of the molecule is C=C(C)N=C(c1nc(CC)ccc1C)N1C[C@@H](CO)NCC1C.CC. The number of rotatable bonds is 4. The van der Waals surface area contributed by atoms with Gasteiger partial charge in [-0.2, -0.15) is 0 Å². The summed E-state index contributed by atoms with van der Waals surface area (Å²) in [5, 5.41) is 12.9. The molecule has 1 aromatic rings. The molecule has 0 radical (unpaired) electrons. The largest absolute Gasteiger partial charge is 0.395 e. The molecule has 1 aromatic heterocycles. The third-order valence-corrected chi connectivity index (χ3v) is 4.17. The number of piperazine rings is 1. The number of allylic oxidation sites excluding steroid dienone is 1. The summed E-state index contributed by atoms with van der Waals surface area (Å²) < 4.78 is 0. The van der Waals surface area contributed by atoms with E-state index in [1.807, 2.05) is 20.8 Å². The van der Waals surface area contributed by atoms with Crippen molar-refractivity contribution in [2.24, 2.45) is 4.99 Å². The molecule has 2 rings (SSSR count). The Morgan fingerprint density at radius 1 is 1.44 bits per heavy atom. The van der Waals surface area contributed by atoms with Crippen molar-refractivity contribution in [2.45, 2.75) is 60.0 Å². The molecule has 1 fully saturated rings. The Labute approximate surface area is 152 Å². The normalized spacial score (nSPS) is 20.8. The number of nitrogens with zero attached hydrogens (tertiary/aromatic N) is 3. The van der Waals surface area contributed by atoms with Crippen LogP contribution < -0.4 is 5.32 Å². The second kappa shape index (κ2) is 10.3. The number of aliphatic hydroxyl groups excluding tert-OH is 1. The molecule has 0 bridgehead atoms. The summed E-state index contributed by atoms with van der Waals surface area (Å²) in [6.07, 6.45) is 0.893. The Balaban J connectivity index is 0.00000151. The van der Waals surface area contributed by atoms with Gasteiger partial charge in [-0.3, -0.25) is 0 Å². The number of hydrogen-bond acceptors (Lipinski definition) is 4. The predicted octanol–water partition coefficient (Wildman–Crippen LogP) is 2.91. The van der Waals surface area contributed by atoms with Crippen molar-refractivity contribution >= 4 is 5.84 Å². The average molecular weight is 347 g/mol. The number of amidine groups is 1. The average Bonchev–Trinajstić information content (AvgIpc) is 2.62. The van der Waals surface area contributed by atoms with Crippen molar-refractivity contribution in [2.75, 3.05) is 19.7 Å². The van der Waals surface area contributed by atoms with Gasteiger partial charge in [-0.1, -0.05) is 33.4 Å². The summed E-state index contributed by atoms with van der Waals surface area (Å²) in [6, 6.07) is 4.50. The highest BCUT2D eigenvalue weighted by atomic mass is 16.3. The third kappa shape index (κ3) is 5.65. The molecule has 1 aliphatic heterocycles. The first-order valence-electron chi connectivity index (χ1n) is 9.28. The van der Waals surface area contributed by atoms with Crippen LogP contribution in [0, 0.1) is 6.92 Å². The number of nitrogens with one attached hydrogen (secondary N) is 1. The first kappa shape index (κ1) is 21.3. The van der Waals surface area contributed by atoms with E-state index in [-0.39, 0.29) is 18.7 Å². The molecule has 0 aromatic carbocycles. The minimum atomic E-state index is 0.0520. The molecule has 0 aliphatic carbocycles. The van der Waals surface area contributed by atoms with E-state index in [2.05, 4.69) is 49.7 Å². The van der Waals surface area contributed by atoms with Gasteiger partial charge in [-0.05, 0) is 38.8 Å². The van der Waals surface area contributed by atoms with Crippen LogP contribution in [0.2, 0.25) is 0 Å². The lowest BCUT2D eigenvalue weighted by Gasteiger charge is -2.40. The first-order chi connectivity index (χ1) is 12.0. The molecular formula is C20H34N4O. The molecule has 1 aliphatic rings. The van der Waals surface area contributed by atoms with Crippen LogP contribution in [0.5, 0.6) is 0 Å². The molecule has 2 heterocycles. The van der Waals surface area contributed by atoms with Crippen molar-refractivity contribution in [1.29, 1.82) is 0 Å². The van der Waals surface area contributed by atoms with Crippen molar-refractivity contribution in [3.05, 3.63) is 41.4 Å². The maximum atomic E-state index is 9.50. The molecule has 1 unspecified atom stereocenters. The van der Waals surface area contributed by atoms with Gasteiger partial charge in [0.2, 0.25) is 0 Å². The first-order valence-corrected chi connectivity index (χ1v) is 9.28. The standard InChI is InChI=1S/C18H28N4O.C2H6/c1-6-15-8-7-13(4)17(21-15)18(20-12(2)3)22-10-16(11-23)19-9-14(22)5;1-2/h7-8,14,16,19,23H,2,6,9-11H2,1,3-5H3;1-2H3/t14?,16-;/m0./s1. The van der Waals surface area contributed by atoms with Crippen molar-refractivity contribution < 1.29 is 5.11 Å². The summed E-state index contributed by atoms with van der Waals surface area (Å²) in [7, 11) is 0. The van der Waals surface area contributed by atoms with Crippen LogP contribution in [-0.4, -0.2) is 52.6 Å². The Hall–Kier alpha value is -1.72. The number of aromatic nitrogens is 1. The van der Waals surface area contributed by atoms with Gasteiger partial charge >= 0.3 is 0 Å². The van der Waals surface area contributed by atoms with Gasteiger partial charge in [0.05, 0.1) is 6.61 Å². The van der Waals surface area contributed by atoms with E-state index in [1.165, 1.54) is 0 Å². The summed E-state index contributed by atoms with van der Waals surface area (Å²) in [5.41, 5.74) is 3.84. The number of pyridine rings is 1. The Kier molecular flexibility index (Phi) is 8.79. The van der Waals surface area contributed by atoms with Gasteiger partial charge in [0, 0.05) is 36.6 Å². The highest BCUT2D eigenvalue weighted by Gasteiger charge is 2.29. The third-order valence-electron chi connectivity index (χ3n) is 4.17. The highest BCUT2D eigenvalue weighted by Crippen LogP contribution is 2.17. The highest BCUT2D eigenvalue weighted by molar-refractivity contribution is 5.99. The van der Waals surface area contributed by atoms with Crippen LogP contribution >= 0.6 is 0 Å². The van der Waals surface area contributed by atoms with Gasteiger partial charge in [-0.15, -0.1) is 0 Å². The lowest BCUT2D eigenvalue weighted by atomic mass is 10.1. The summed E-state index contributed by atoms with van der Waals surface area (Å²) >= 11 is 0. The second-order valence-electron chi connectivity index (χ2n) is 6.28. The van der Waals surface area contributed by atoms with E-state index in [0.29, 0.717) is 6.54 Å². The van der Waals surface area contributed by atoms with E-state index in [0.717, 1.165) is 41.4 Å². The molecular weight excluding hydrogens is 312 g/mol. The molecule has 1 saturated heterocycles. The Morgan fingerprint density at radius 3 is 2.68 bits per heavy atom. The van der Waals surface area contributed by atoms with Crippen LogP contribution in [-0.2, 0) is 6.42 Å². The Morgan fingerprint density at radius 2 is 2.12 bits per heavy atom. The molecule has 0 amide bonds. The van der Waals surface area contributed by atoms with E-state index >= 15 is 0 Å². The van der Waals surface area contributed by atoms with E-state index in [4.69, 9.17) is 9.98 Å². The minimum Gasteiger partial charge on any atom is -0.395 e. The molecule has 2 N–H and O–H groups in total. The van der Waals surface area contributed by atoms with Crippen molar-refractivity contribution in [1.82, 2.24) is 15.2 Å². The molecule has 25 heavy (non-hydrogen) atoms. The van der Waals surface area contributed by atoms with E-state index in [9.17, 15) is 5.11 Å². The second-order valence-corrected chi connectivity index (χ2v) is 6.28. The molecule has 5 heteroatoms. The zero-order chi connectivity index (χ0) is 19.0. The van der Waals surface area contributed by atoms with Crippen molar-refractivity contribution in [3.8, 4) is 0 Å². The lowest BCUT2D eigenvalue weighted by Crippen LogP contribution is -2.58. The van der Waals surface area contributed by atoms with Crippen molar-refractivity contribution in [3.63, 3.8) is 0 Å². The quantitative estimate of drug-likeness (QED) is 0.650. The van der Waals surface area contributed by atoms with Gasteiger partial charge in [0.15, 0.2) is 5.84 Å². The monoisotopic (exact) mass is 346 g/mol. The van der Waals surface area contributed by atoms with E-state index < -0.39 is 0 Å². The topological polar surface area (TPSA) is 60.8 Å². The van der Waals surface area contributed by atoms with Crippen LogP contribution in [0.15, 0.2) is 29.4 Å². The van der Waals surface area contributed by atoms with Gasteiger partial charge in [0.1, 0.15) is 5.69 Å². The fourth-order valence-corrected chi connectivity index (χ4v) is 2.77. The predicted molar refractivity (Wildman–Crippen MR) is 106 cm³/mol. The van der Waals surface area contributed by atoms with E-state index in [1.54, 1.807) is 0 Å². The zero-order valence-electron chi connectivity index (χ0n) is 16.6. The van der Waals surface area contributed by atoms with Crippen LogP contribution in [0.1, 0.15) is 51.6 Å². The maximum Gasteiger partial charge on any atom is 0.155 e. The summed E-state index contributed by atoms with van der Waals surface area (Å²) in [4.78, 5) is 11.7. The number of hydrogen-bond donors (Lipinski definition) is 2. The smallest absolute Gasteiger partial charge is 0.155 e. The minimum absolute atomic E-state index is 0.0520. The lowest BCUT2D eigenvalue weighted by molar-refractivity contribution is 0.162. The Bertz CT molecular complexity index is 597. The summed E-state index contributed by atoms with van der Waals surface area (Å²) in [6.45, 7) is 17.8. The molecule has 0 saturated carbocycles. The number of aliphatic hydroxyl groups is 1. The van der Waals surface area contributed by atoms with Crippen LogP contribution in [0.25, 0.3) is 0 Å². The van der Waals surface area contributed by atoms with Gasteiger partial charge in [0.25, 0.3) is 0 Å². The van der Waals surface area contributed by atoms with Gasteiger partial charge < -0.3 is 15.3 Å². The fraction of sp³-hybridized carbons (Fsp3) is 0.600. The fourth-order valence-electron chi connectivity index (χ4n) is 2.77. The molecule has 5 nitrogen and oxygen atoms in total. The molecule has 2 atom stereocenters.